The topological polar surface area (TPSA) is 46.9 Å². The molecule has 0 saturated carbocycles. The Bertz CT molecular complexity index is 706. The molecule has 7 heteroatoms. The van der Waals surface area contributed by atoms with Crippen molar-refractivity contribution in [2.45, 2.75) is 31.2 Å². The molecule has 3 rings (SSSR count). The van der Waals surface area contributed by atoms with Gasteiger partial charge in [0.15, 0.2) is 0 Å². The van der Waals surface area contributed by atoms with Gasteiger partial charge in [0.1, 0.15) is 11.6 Å². The number of carbonyl (C=O) groups is 1. The van der Waals surface area contributed by atoms with Crippen molar-refractivity contribution in [3.05, 3.63) is 28.2 Å². The molecule has 1 saturated heterocycles. The van der Waals surface area contributed by atoms with Gasteiger partial charge >= 0.3 is 0 Å². The van der Waals surface area contributed by atoms with Crippen molar-refractivity contribution in [2.24, 2.45) is 0 Å². The van der Waals surface area contributed by atoms with Gasteiger partial charge in [-0.15, -0.1) is 11.6 Å². The number of benzene rings is 1. The van der Waals surface area contributed by atoms with Gasteiger partial charge < -0.3 is 9.88 Å². The molecule has 1 aliphatic heterocycles. The molecule has 2 unspecified atom stereocenters. The normalized spacial score (nSPS) is 20.6. The zero-order chi connectivity index (χ0) is 15.1. The Kier molecular flexibility index (Phi) is 3.92. The predicted molar refractivity (Wildman–Crippen MR) is 82.9 cm³/mol. The van der Waals surface area contributed by atoms with Gasteiger partial charge in [-0.25, -0.2) is 9.37 Å². The van der Waals surface area contributed by atoms with Crippen LogP contribution in [0.1, 0.15) is 37.0 Å². The van der Waals surface area contributed by atoms with Crippen molar-refractivity contribution in [1.82, 2.24) is 14.9 Å². The van der Waals surface area contributed by atoms with E-state index >= 15 is 0 Å². The third kappa shape index (κ3) is 2.66. The second-order valence-electron chi connectivity index (χ2n) is 5.21. The molecular weight excluding hydrogens is 361 g/mol. The molecule has 2 heterocycles. The Morgan fingerprint density at radius 1 is 1.57 bits per heavy atom. The predicted octanol–water partition coefficient (Wildman–Crippen LogP) is 3.69. The lowest BCUT2D eigenvalue weighted by atomic mass is 10.1. The lowest BCUT2D eigenvalue weighted by Crippen LogP contribution is -2.36. The van der Waals surface area contributed by atoms with Crippen LogP contribution in [0.3, 0.4) is 0 Å². The number of rotatable bonds is 2. The van der Waals surface area contributed by atoms with Gasteiger partial charge in [-0.3, -0.25) is 4.79 Å². The third-order valence-electron chi connectivity index (χ3n) is 3.72. The average Bonchev–Trinajstić information content (AvgIpc) is 2.79. The minimum Gasteiger partial charge on any atom is -0.354 e. The summed E-state index contributed by atoms with van der Waals surface area (Å²) >= 11 is 9.44. The fraction of sp³-hybridized carbons (Fsp3) is 0.429. The summed E-state index contributed by atoms with van der Waals surface area (Å²) < 4.78 is 16.1. The van der Waals surface area contributed by atoms with E-state index < -0.39 is 0 Å². The molecule has 1 N–H and O–H groups in total. The maximum absolute atomic E-state index is 13.7. The van der Waals surface area contributed by atoms with E-state index in [2.05, 4.69) is 26.2 Å². The zero-order valence-electron chi connectivity index (χ0n) is 11.4. The molecule has 1 aliphatic rings. The average molecular weight is 375 g/mol. The van der Waals surface area contributed by atoms with E-state index in [4.69, 9.17) is 11.6 Å². The largest absolute Gasteiger partial charge is 0.354 e. The van der Waals surface area contributed by atoms with Gasteiger partial charge in [-0.1, -0.05) is 0 Å². The highest BCUT2D eigenvalue weighted by atomic mass is 79.9. The van der Waals surface area contributed by atoms with Crippen LogP contribution in [0.5, 0.6) is 0 Å². The van der Waals surface area contributed by atoms with Crippen LogP contribution < -0.4 is 5.32 Å². The second kappa shape index (κ2) is 5.57. The number of imidazole rings is 1. The lowest BCUT2D eigenvalue weighted by Gasteiger charge is -2.26. The summed E-state index contributed by atoms with van der Waals surface area (Å²) in [6, 6.07) is 3.21. The fourth-order valence-electron chi connectivity index (χ4n) is 2.71. The first-order valence-corrected chi connectivity index (χ1v) is 7.98. The first-order chi connectivity index (χ1) is 9.97. The minimum absolute atomic E-state index is 0.0587. The number of hydrogen-bond donors (Lipinski definition) is 1. The third-order valence-corrected chi connectivity index (χ3v) is 4.52. The molecule has 0 spiro atoms. The zero-order valence-corrected chi connectivity index (χ0v) is 13.7. The van der Waals surface area contributed by atoms with E-state index in [0.717, 1.165) is 11.9 Å². The van der Waals surface area contributed by atoms with E-state index in [1.165, 1.54) is 6.07 Å². The molecule has 1 fully saturated rings. The molecule has 21 heavy (non-hydrogen) atoms. The van der Waals surface area contributed by atoms with Crippen molar-refractivity contribution in [3.8, 4) is 0 Å². The molecule has 4 nitrogen and oxygen atoms in total. The van der Waals surface area contributed by atoms with Crippen molar-refractivity contribution in [1.29, 1.82) is 0 Å². The van der Waals surface area contributed by atoms with Crippen molar-refractivity contribution >= 4 is 44.5 Å². The number of nitrogens with one attached hydrogen (secondary N) is 1. The molecule has 0 bridgehead atoms. The SMILES string of the molecule is CC(Cl)c1nc2cc(F)c(Br)cc2n1C1CCC(=O)NC1. The monoisotopic (exact) mass is 373 g/mol. The van der Waals surface area contributed by atoms with Gasteiger partial charge in [0.25, 0.3) is 0 Å². The van der Waals surface area contributed by atoms with Crippen LogP contribution in [0.2, 0.25) is 0 Å². The Morgan fingerprint density at radius 2 is 2.33 bits per heavy atom. The second-order valence-corrected chi connectivity index (χ2v) is 6.72. The maximum atomic E-state index is 13.7. The number of nitrogens with zero attached hydrogens (tertiary/aromatic N) is 2. The number of fused-ring (bicyclic) bond motifs is 1. The summed E-state index contributed by atoms with van der Waals surface area (Å²) in [7, 11) is 0. The van der Waals surface area contributed by atoms with Gasteiger partial charge in [-0.2, -0.15) is 0 Å². The van der Waals surface area contributed by atoms with Crippen LogP contribution in [-0.2, 0) is 4.79 Å². The summed E-state index contributed by atoms with van der Waals surface area (Å²) in [6.45, 7) is 2.38. The summed E-state index contributed by atoms with van der Waals surface area (Å²) in [4.78, 5) is 15.8. The molecule has 1 aromatic carbocycles. The molecule has 0 aliphatic carbocycles. The summed E-state index contributed by atoms with van der Waals surface area (Å²) in [6.07, 6.45) is 1.20. The minimum atomic E-state index is -0.349. The first-order valence-electron chi connectivity index (χ1n) is 6.75. The molecule has 2 atom stereocenters. The van der Waals surface area contributed by atoms with Crippen LogP contribution in [0.15, 0.2) is 16.6 Å². The molecule has 1 amide bonds. The Labute approximate surface area is 134 Å². The highest BCUT2D eigenvalue weighted by Crippen LogP contribution is 2.33. The van der Waals surface area contributed by atoms with Crippen molar-refractivity contribution in [2.75, 3.05) is 6.54 Å². The number of carbonyl (C=O) groups excluding carboxylic acids is 1. The van der Waals surface area contributed by atoms with E-state index in [0.29, 0.717) is 28.8 Å². The molecule has 0 radical (unpaired) electrons. The van der Waals surface area contributed by atoms with Crippen molar-refractivity contribution < 1.29 is 9.18 Å². The number of alkyl halides is 1. The quantitative estimate of drug-likeness (QED) is 0.815. The number of halogens is 3. The Hall–Kier alpha value is -1.14. The van der Waals surface area contributed by atoms with Gasteiger partial charge in [0.2, 0.25) is 5.91 Å². The van der Waals surface area contributed by atoms with Gasteiger partial charge in [-0.05, 0) is 35.3 Å². The van der Waals surface area contributed by atoms with Crippen LogP contribution >= 0.6 is 27.5 Å². The van der Waals surface area contributed by atoms with E-state index in [9.17, 15) is 9.18 Å². The van der Waals surface area contributed by atoms with Crippen LogP contribution in [0.25, 0.3) is 11.0 Å². The summed E-state index contributed by atoms with van der Waals surface area (Å²) in [5.74, 6) is 0.409. The number of hydrogen-bond acceptors (Lipinski definition) is 2. The lowest BCUT2D eigenvalue weighted by molar-refractivity contribution is -0.122. The van der Waals surface area contributed by atoms with Gasteiger partial charge in [0, 0.05) is 19.0 Å². The van der Waals surface area contributed by atoms with E-state index in [1.54, 1.807) is 6.07 Å². The highest BCUT2D eigenvalue weighted by Gasteiger charge is 2.26. The van der Waals surface area contributed by atoms with Crippen molar-refractivity contribution in [3.63, 3.8) is 0 Å². The molecule has 112 valence electrons. The summed E-state index contributed by atoms with van der Waals surface area (Å²) in [5, 5.41) is 2.57. The maximum Gasteiger partial charge on any atom is 0.220 e. The first kappa shape index (κ1) is 14.8. The molecular formula is C14H14BrClFN3O. The highest BCUT2D eigenvalue weighted by molar-refractivity contribution is 9.10. The van der Waals surface area contributed by atoms with E-state index in [-0.39, 0.29) is 23.1 Å². The molecule has 2 aromatic rings. The van der Waals surface area contributed by atoms with Crippen LogP contribution in [0, 0.1) is 5.82 Å². The van der Waals surface area contributed by atoms with Crippen LogP contribution in [0.4, 0.5) is 4.39 Å². The Morgan fingerprint density at radius 3 is 2.95 bits per heavy atom. The number of piperidine rings is 1. The van der Waals surface area contributed by atoms with Gasteiger partial charge in [0.05, 0.1) is 26.9 Å². The standard InChI is InChI=1S/C14H14BrClFN3O/c1-7(16)14-19-11-5-10(17)9(15)4-12(11)20(14)8-2-3-13(21)18-6-8/h4-5,7-8H,2-3,6H2,1H3,(H,18,21). The molecule has 1 aromatic heterocycles. The fourth-order valence-corrected chi connectivity index (χ4v) is 3.20. The number of aromatic nitrogens is 2. The Balaban J connectivity index is 2.16. The van der Waals surface area contributed by atoms with E-state index in [1.807, 2.05) is 11.5 Å². The summed E-state index contributed by atoms with van der Waals surface area (Å²) in [5.41, 5.74) is 1.40. The van der Waals surface area contributed by atoms with Crippen LogP contribution in [-0.4, -0.2) is 22.0 Å². The number of amides is 1. The smallest absolute Gasteiger partial charge is 0.220 e.